The van der Waals surface area contributed by atoms with Gasteiger partial charge in [0.2, 0.25) is 5.91 Å². The first-order valence-corrected chi connectivity index (χ1v) is 9.97. The molecule has 1 aromatic carbocycles. The van der Waals surface area contributed by atoms with Crippen molar-refractivity contribution < 1.29 is 18.0 Å². The number of carbonyl (C=O) groups is 2. The van der Waals surface area contributed by atoms with Crippen molar-refractivity contribution in [2.24, 2.45) is 5.92 Å². The summed E-state index contributed by atoms with van der Waals surface area (Å²) < 4.78 is 23.0. The van der Waals surface area contributed by atoms with Crippen molar-refractivity contribution in [3.8, 4) is 0 Å². The van der Waals surface area contributed by atoms with Gasteiger partial charge in [-0.25, -0.2) is 8.42 Å². The summed E-state index contributed by atoms with van der Waals surface area (Å²) in [6, 6.07) is 5.99. The summed E-state index contributed by atoms with van der Waals surface area (Å²) in [6.45, 7) is 6.02. The largest absolute Gasteiger partial charge is 0.341 e. The molecule has 1 aliphatic rings. The number of nitrogens with zero attached hydrogens (tertiary/aromatic N) is 2. The Morgan fingerprint density at radius 3 is 2.04 bits per heavy atom. The molecule has 1 saturated heterocycles. The van der Waals surface area contributed by atoms with Crippen LogP contribution in [-0.4, -0.2) is 62.5 Å². The Kier molecular flexibility index (Phi) is 5.64. The predicted octanol–water partition coefficient (Wildman–Crippen LogP) is 1.42. The van der Waals surface area contributed by atoms with Crippen LogP contribution in [-0.2, 0) is 14.6 Å². The van der Waals surface area contributed by atoms with Crippen LogP contribution in [0.15, 0.2) is 29.2 Å². The molecule has 2 amide bonds. The zero-order chi connectivity index (χ0) is 17.9. The molecule has 6 nitrogen and oxygen atoms in total. The number of amides is 2. The van der Waals surface area contributed by atoms with Crippen molar-refractivity contribution in [3.63, 3.8) is 0 Å². The van der Waals surface area contributed by atoms with Crippen LogP contribution in [0, 0.1) is 5.92 Å². The number of rotatable bonds is 3. The normalized spacial score (nSPS) is 16.2. The molecule has 1 aromatic rings. The van der Waals surface area contributed by atoms with Crippen LogP contribution in [0.3, 0.4) is 0 Å². The van der Waals surface area contributed by atoms with E-state index in [1.807, 2.05) is 18.7 Å². The number of hydrogen-bond acceptors (Lipinski definition) is 4. The van der Waals surface area contributed by atoms with E-state index >= 15 is 0 Å². The Morgan fingerprint density at radius 1 is 0.958 bits per heavy atom. The van der Waals surface area contributed by atoms with Gasteiger partial charge in [0.15, 0.2) is 9.84 Å². The minimum atomic E-state index is -3.27. The van der Waals surface area contributed by atoms with E-state index in [9.17, 15) is 18.0 Å². The third-order valence-electron chi connectivity index (χ3n) is 4.12. The van der Waals surface area contributed by atoms with Crippen molar-refractivity contribution in [1.82, 2.24) is 9.80 Å². The standard InChI is InChI=1S/C17H24N2O4S/c1-13(2)16(20)18-9-4-10-19(12-11-18)17(21)14-5-7-15(8-6-14)24(3,22)23/h5-8,13H,4,9-12H2,1-3H3. The SMILES string of the molecule is CC(C)C(=O)N1CCCN(C(=O)c2ccc(S(C)(=O)=O)cc2)CC1. The molecule has 1 heterocycles. The quantitative estimate of drug-likeness (QED) is 0.824. The molecule has 0 saturated carbocycles. The predicted molar refractivity (Wildman–Crippen MR) is 91.5 cm³/mol. The molecule has 2 rings (SSSR count). The fraction of sp³-hybridized carbons (Fsp3) is 0.529. The first-order chi connectivity index (χ1) is 11.2. The first-order valence-electron chi connectivity index (χ1n) is 8.08. The molecule has 0 unspecified atom stereocenters. The lowest BCUT2D eigenvalue weighted by Gasteiger charge is -2.23. The second-order valence-corrected chi connectivity index (χ2v) is 8.44. The topological polar surface area (TPSA) is 74.8 Å². The van der Waals surface area contributed by atoms with E-state index in [2.05, 4.69) is 0 Å². The summed E-state index contributed by atoms with van der Waals surface area (Å²) in [5, 5.41) is 0. The molecule has 0 N–H and O–H groups in total. The third kappa shape index (κ3) is 4.35. The molecular formula is C17H24N2O4S. The maximum atomic E-state index is 12.6. The van der Waals surface area contributed by atoms with E-state index in [0.717, 1.165) is 12.7 Å². The van der Waals surface area contributed by atoms with Gasteiger partial charge in [-0.15, -0.1) is 0 Å². The van der Waals surface area contributed by atoms with Gasteiger partial charge in [0.1, 0.15) is 0 Å². The number of benzene rings is 1. The smallest absolute Gasteiger partial charge is 0.253 e. The molecule has 132 valence electrons. The highest BCUT2D eigenvalue weighted by atomic mass is 32.2. The van der Waals surface area contributed by atoms with Crippen molar-refractivity contribution in [3.05, 3.63) is 29.8 Å². The first kappa shape index (κ1) is 18.4. The van der Waals surface area contributed by atoms with Crippen LogP contribution < -0.4 is 0 Å². The molecule has 7 heteroatoms. The Hall–Kier alpha value is -1.89. The summed E-state index contributed by atoms with van der Waals surface area (Å²) in [7, 11) is -3.27. The highest BCUT2D eigenvalue weighted by Crippen LogP contribution is 2.14. The van der Waals surface area contributed by atoms with Gasteiger partial charge in [-0.05, 0) is 30.7 Å². The molecule has 0 bridgehead atoms. The number of carbonyl (C=O) groups excluding carboxylic acids is 2. The van der Waals surface area contributed by atoms with Gasteiger partial charge >= 0.3 is 0 Å². The van der Waals surface area contributed by atoms with Crippen LogP contribution in [0.25, 0.3) is 0 Å². The van der Waals surface area contributed by atoms with Crippen LogP contribution in [0.2, 0.25) is 0 Å². The average molecular weight is 352 g/mol. The molecule has 1 fully saturated rings. The van der Waals surface area contributed by atoms with Gasteiger partial charge in [-0.1, -0.05) is 13.8 Å². The molecule has 0 spiro atoms. The zero-order valence-corrected chi connectivity index (χ0v) is 15.2. The highest BCUT2D eigenvalue weighted by Gasteiger charge is 2.24. The maximum absolute atomic E-state index is 12.6. The third-order valence-corrected chi connectivity index (χ3v) is 5.25. The van der Waals surface area contributed by atoms with Crippen LogP contribution in [0.4, 0.5) is 0 Å². The van der Waals surface area contributed by atoms with Crippen LogP contribution >= 0.6 is 0 Å². The Balaban J connectivity index is 2.06. The Bertz CT molecular complexity index is 711. The van der Waals surface area contributed by atoms with Gasteiger partial charge in [0.05, 0.1) is 4.90 Å². The second-order valence-electron chi connectivity index (χ2n) is 6.42. The lowest BCUT2D eigenvalue weighted by molar-refractivity contribution is -0.134. The Morgan fingerprint density at radius 2 is 1.50 bits per heavy atom. The lowest BCUT2D eigenvalue weighted by Crippen LogP contribution is -2.38. The van der Waals surface area contributed by atoms with Gasteiger partial charge < -0.3 is 9.80 Å². The molecule has 0 aliphatic carbocycles. The Labute approximate surface area is 143 Å². The number of sulfone groups is 1. The van der Waals surface area contributed by atoms with Gasteiger partial charge in [0.25, 0.3) is 5.91 Å². The van der Waals surface area contributed by atoms with Gasteiger partial charge in [-0.2, -0.15) is 0 Å². The molecule has 0 aromatic heterocycles. The summed E-state index contributed by atoms with van der Waals surface area (Å²) in [5.41, 5.74) is 0.464. The maximum Gasteiger partial charge on any atom is 0.253 e. The summed E-state index contributed by atoms with van der Waals surface area (Å²) in [4.78, 5) is 28.4. The number of hydrogen-bond donors (Lipinski definition) is 0. The van der Waals surface area contributed by atoms with Crippen molar-refractivity contribution in [2.75, 3.05) is 32.4 Å². The van der Waals surface area contributed by atoms with E-state index in [-0.39, 0.29) is 22.6 Å². The fourth-order valence-electron chi connectivity index (χ4n) is 2.73. The monoisotopic (exact) mass is 352 g/mol. The summed E-state index contributed by atoms with van der Waals surface area (Å²) in [5.74, 6) is -0.0634. The molecule has 24 heavy (non-hydrogen) atoms. The second kappa shape index (κ2) is 7.34. The van der Waals surface area contributed by atoms with Crippen molar-refractivity contribution in [1.29, 1.82) is 0 Å². The van der Waals surface area contributed by atoms with Crippen LogP contribution in [0.5, 0.6) is 0 Å². The molecule has 0 radical (unpaired) electrons. The van der Waals surface area contributed by atoms with E-state index in [4.69, 9.17) is 0 Å². The minimum Gasteiger partial charge on any atom is -0.341 e. The average Bonchev–Trinajstić information content (AvgIpc) is 2.78. The van der Waals surface area contributed by atoms with Crippen molar-refractivity contribution >= 4 is 21.7 Å². The molecule has 1 aliphatic heterocycles. The van der Waals surface area contributed by atoms with E-state index in [0.29, 0.717) is 31.7 Å². The minimum absolute atomic E-state index is 0.0456. The van der Waals surface area contributed by atoms with Gasteiger partial charge in [-0.3, -0.25) is 9.59 Å². The fourth-order valence-corrected chi connectivity index (χ4v) is 3.36. The van der Waals surface area contributed by atoms with E-state index in [1.165, 1.54) is 12.1 Å². The van der Waals surface area contributed by atoms with Crippen LogP contribution in [0.1, 0.15) is 30.6 Å². The highest BCUT2D eigenvalue weighted by molar-refractivity contribution is 7.90. The zero-order valence-electron chi connectivity index (χ0n) is 14.4. The van der Waals surface area contributed by atoms with E-state index < -0.39 is 9.84 Å². The van der Waals surface area contributed by atoms with Crippen molar-refractivity contribution in [2.45, 2.75) is 25.2 Å². The molecular weight excluding hydrogens is 328 g/mol. The summed E-state index contributed by atoms with van der Waals surface area (Å²) >= 11 is 0. The molecule has 0 atom stereocenters. The van der Waals surface area contributed by atoms with E-state index in [1.54, 1.807) is 17.0 Å². The summed E-state index contributed by atoms with van der Waals surface area (Å²) in [6.07, 6.45) is 1.88. The van der Waals surface area contributed by atoms with Gasteiger partial charge in [0, 0.05) is 43.9 Å². The lowest BCUT2D eigenvalue weighted by atomic mass is 10.2.